The molecule has 188 valence electrons. The summed E-state index contributed by atoms with van der Waals surface area (Å²) in [5.74, 6) is -2.57. The summed E-state index contributed by atoms with van der Waals surface area (Å²) in [5, 5.41) is 43.6. The Morgan fingerprint density at radius 1 is 0.875 bits per heavy atom. The van der Waals surface area contributed by atoms with Crippen LogP contribution in [-0.2, 0) is 14.3 Å². The summed E-state index contributed by atoms with van der Waals surface area (Å²) in [5.41, 5.74) is 0. The Morgan fingerprint density at radius 3 is 1.66 bits per heavy atom. The van der Waals surface area contributed by atoms with E-state index in [9.17, 15) is 9.59 Å². The number of rotatable bonds is 17. The van der Waals surface area contributed by atoms with Crippen molar-refractivity contribution in [2.24, 2.45) is 5.92 Å². The van der Waals surface area contributed by atoms with Crippen molar-refractivity contribution in [2.75, 3.05) is 6.61 Å². The molecule has 0 aliphatic carbocycles. The van der Waals surface area contributed by atoms with Crippen LogP contribution < -0.4 is 0 Å². The van der Waals surface area contributed by atoms with E-state index in [1.165, 1.54) is 70.6 Å². The Balaban J connectivity index is 0.000000677. The average Bonchev–Trinajstić information content (AvgIpc) is 3.00. The topological polar surface area (TPSA) is 145 Å². The van der Waals surface area contributed by atoms with Crippen molar-refractivity contribution < 1.29 is 39.9 Å². The number of cyclic esters (lactones) is 1. The summed E-state index contributed by atoms with van der Waals surface area (Å²) >= 11 is 0. The second kappa shape index (κ2) is 18.7. The molecule has 1 heterocycles. The number of carbonyl (C=O) groups is 2. The molecule has 0 bridgehead atoms. The normalized spacial score (nSPS) is 16.7. The van der Waals surface area contributed by atoms with Gasteiger partial charge in [-0.2, -0.15) is 0 Å². The molecule has 8 heteroatoms. The summed E-state index contributed by atoms with van der Waals surface area (Å²) < 4.78 is 4.32. The molecule has 1 aliphatic rings. The van der Waals surface area contributed by atoms with Gasteiger partial charge in [0.25, 0.3) is 0 Å². The van der Waals surface area contributed by atoms with Gasteiger partial charge in [0, 0.05) is 6.42 Å². The van der Waals surface area contributed by atoms with Gasteiger partial charge in [0.1, 0.15) is 6.10 Å². The quantitative estimate of drug-likeness (QED) is 0.154. The van der Waals surface area contributed by atoms with Crippen LogP contribution in [0, 0.1) is 5.92 Å². The minimum Gasteiger partial charge on any atom is -0.505 e. The van der Waals surface area contributed by atoms with E-state index in [0.29, 0.717) is 6.42 Å². The second-order valence-electron chi connectivity index (χ2n) is 8.88. The summed E-state index contributed by atoms with van der Waals surface area (Å²) in [6.07, 6.45) is 14.5. The lowest BCUT2D eigenvalue weighted by Crippen LogP contribution is -2.31. The molecule has 0 aromatic rings. The Bertz CT molecular complexity index is 544. The Kier molecular flexibility index (Phi) is 17.7. The number of unbranched alkanes of at least 4 members (excludes halogenated alkanes) is 11. The third-order valence-electron chi connectivity index (χ3n) is 5.40. The van der Waals surface area contributed by atoms with E-state index in [4.69, 9.17) is 25.5 Å². The maximum Gasteiger partial charge on any atom is 0.377 e. The number of aliphatic carboxylic acids is 1. The first-order chi connectivity index (χ1) is 15.2. The highest BCUT2D eigenvalue weighted by Crippen LogP contribution is 2.21. The highest BCUT2D eigenvalue weighted by molar-refractivity contribution is 5.89. The minimum atomic E-state index is -1.42. The Labute approximate surface area is 192 Å². The van der Waals surface area contributed by atoms with Crippen molar-refractivity contribution in [3.05, 3.63) is 11.5 Å². The number of aliphatic hydroxyl groups is 4. The van der Waals surface area contributed by atoms with E-state index in [1.54, 1.807) is 0 Å². The molecular formula is C24H44O8. The standard InChI is InChI=1S/C18H36O2.C6H8O6/c1-17(2)15-13-11-9-7-5-3-4-6-8-10-12-14-16-18(19)20;7-1-2(8)5-3(9)4(10)6(11)12-5/h17H,3-16H2,1-2H3,(H,19,20);2,5,7-10H,1H2/t;2-,5+/m.0/s1. The molecule has 0 aromatic heterocycles. The van der Waals surface area contributed by atoms with Gasteiger partial charge in [-0.05, 0) is 12.3 Å². The zero-order valence-corrected chi connectivity index (χ0v) is 19.8. The molecular weight excluding hydrogens is 416 g/mol. The van der Waals surface area contributed by atoms with Crippen LogP contribution in [0.5, 0.6) is 0 Å². The highest BCUT2D eigenvalue weighted by atomic mass is 16.6. The number of hydrogen-bond donors (Lipinski definition) is 5. The predicted octanol–water partition coefficient (Wildman–Crippen LogP) is 4.78. The second-order valence-corrected chi connectivity index (χ2v) is 8.88. The third kappa shape index (κ3) is 15.1. The molecule has 0 spiro atoms. The molecule has 0 unspecified atom stereocenters. The first-order valence-electron chi connectivity index (χ1n) is 12.0. The van der Waals surface area contributed by atoms with Crippen LogP contribution in [0.15, 0.2) is 11.5 Å². The first kappa shape index (κ1) is 30.2. The molecule has 2 atom stereocenters. The molecule has 32 heavy (non-hydrogen) atoms. The molecule has 1 rings (SSSR count). The monoisotopic (exact) mass is 460 g/mol. The van der Waals surface area contributed by atoms with Crippen LogP contribution in [0.3, 0.4) is 0 Å². The Morgan fingerprint density at radius 2 is 1.31 bits per heavy atom. The van der Waals surface area contributed by atoms with E-state index in [2.05, 4.69) is 18.6 Å². The molecule has 0 saturated heterocycles. The molecule has 0 aromatic carbocycles. The van der Waals surface area contributed by atoms with Gasteiger partial charge < -0.3 is 30.3 Å². The molecule has 0 saturated carbocycles. The van der Waals surface area contributed by atoms with E-state index in [1.807, 2.05) is 0 Å². The number of carboxylic acid groups (broad SMARTS) is 1. The molecule has 0 radical (unpaired) electrons. The van der Waals surface area contributed by atoms with Crippen molar-refractivity contribution in [3.63, 3.8) is 0 Å². The average molecular weight is 461 g/mol. The summed E-state index contributed by atoms with van der Waals surface area (Å²) in [6.45, 7) is 3.94. The van der Waals surface area contributed by atoms with E-state index >= 15 is 0 Å². The van der Waals surface area contributed by atoms with Crippen LogP contribution in [0.2, 0.25) is 0 Å². The lowest BCUT2D eigenvalue weighted by atomic mass is 10.0. The fourth-order valence-corrected chi connectivity index (χ4v) is 3.42. The van der Waals surface area contributed by atoms with Crippen LogP contribution in [-0.4, -0.2) is 56.3 Å². The van der Waals surface area contributed by atoms with Crippen molar-refractivity contribution in [2.45, 2.75) is 116 Å². The molecule has 0 fully saturated rings. The van der Waals surface area contributed by atoms with E-state index in [-0.39, 0.29) is 0 Å². The summed E-state index contributed by atoms with van der Waals surface area (Å²) in [4.78, 5) is 20.9. The maximum atomic E-state index is 10.5. The summed E-state index contributed by atoms with van der Waals surface area (Å²) in [7, 11) is 0. The van der Waals surface area contributed by atoms with Crippen LogP contribution >= 0.6 is 0 Å². The number of aliphatic hydroxyl groups excluding tert-OH is 4. The van der Waals surface area contributed by atoms with Gasteiger partial charge in [-0.25, -0.2) is 4.79 Å². The van der Waals surface area contributed by atoms with Crippen LogP contribution in [0.1, 0.15) is 104 Å². The van der Waals surface area contributed by atoms with Gasteiger partial charge in [0.05, 0.1) is 6.61 Å². The number of ether oxygens (including phenoxy) is 1. The van der Waals surface area contributed by atoms with E-state index < -0.39 is 42.3 Å². The van der Waals surface area contributed by atoms with Crippen molar-refractivity contribution >= 4 is 11.9 Å². The SMILES string of the molecule is CC(C)CCCCCCCCCCCCCCC(=O)O.O=C1O[C@H]([C@@H](O)CO)C(O)=C1O. The lowest BCUT2D eigenvalue weighted by molar-refractivity contribution is -0.147. The molecule has 0 amide bonds. The third-order valence-corrected chi connectivity index (χ3v) is 5.40. The highest BCUT2D eigenvalue weighted by Gasteiger charge is 2.38. The largest absolute Gasteiger partial charge is 0.505 e. The fraction of sp³-hybridized carbons (Fsp3) is 0.833. The van der Waals surface area contributed by atoms with Crippen molar-refractivity contribution in [1.82, 2.24) is 0 Å². The maximum absolute atomic E-state index is 10.5. The number of carboxylic acids is 1. The first-order valence-corrected chi connectivity index (χ1v) is 12.0. The van der Waals surface area contributed by atoms with Crippen LogP contribution in [0.4, 0.5) is 0 Å². The number of carbonyl (C=O) groups excluding carboxylic acids is 1. The minimum absolute atomic E-state index is 0.344. The number of hydrogen-bond acceptors (Lipinski definition) is 7. The summed E-state index contributed by atoms with van der Waals surface area (Å²) in [6, 6.07) is 0. The van der Waals surface area contributed by atoms with Gasteiger partial charge in [-0.1, -0.05) is 90.9 Å². The smallest absolute Gasteiger partial charge is 0.377 e. The predicted molar refractivity (Wildman–Crippen MR) is 122 cm³/mol. The molecule has 1 aliphatic heterocycles. The zero-order valence-electron chi connectivity index (χ0n) is 19.8. The van der Waals surface area contributed by atoms with Gasteiger partial charge in [-0.3, -0.25) is 4.79 Å². The lowest BCUT2D eigenvalue weighted by Gasteiger charge is -2.13. The Hall–Kier alpha value is -1.80. The van der Waals surface area contributed by atoms with Crippen molar-refractivity contribution in [3.8, 4) is 0 Å². The molecule has 5 N–H and O–H groups in total. The van der Waals surface area contributed by atoms with Gasteiger partial charge in [0.2, 0.25) is 5.76 Å². The van der Waals surface area contributed by atoms with Gasteiger partial charge in [0.15, 0.2) is 11.9 Å². The molecule has 8 nitrogen and oxygen atoms in total. The van der Waals surface area contributed by atoms with Gasteiger partial charge >= 0.3 is 11.9 Å². The zero-order chi connectivity index (χ0) is 24.4. The van der Waals surface area contributed by atoms with Gasteiger partial charge in [-0.15, -0.1) is 0 Å². The number of esters is 1. The van der Waals surface area contributed by atoms with Crippen LogP contribution in [0.25, 0.3) is 0 Å². The van der Waals surface area contributed by atoms with E-state index in [0.717, 1.165) is 18.8 Å². The van der Waals surface area contributed by atoms with Crippen molar-refractivity contribution in [1.29, 1.82) is 0 Å². The fourth-order valence-electron chi connectivity index (χ4n) is 3.42.